The van der Waals surface area contributed by atoms with Crippen molar-refractivity contribution in [1.82, 2.24) is 4.90 Å². The maximum Gasteiger partial charge on any atom is 0.0953 e. The van der Waals surface area contributed by atoms with E-state index in [1.807, 2.05) is 13.8 Å². The first-order chi connectivity index (χ1) is 5.65. The fourth-order valence-corrected chi connectivity index (χ4v) is 1.54. The fraction of sp³-hybridized carbons (Fsp3) is 0.889. The second kappa shape index (κ2) is 3.88. The van der Waals surface area contributed by atoms with E-state index in [0.717, 1.165) is 13.2 Å². The van der Waals surface area contributed by atoms with Gasteiger partial charge < -0.3 is 4.74 Å². The van der Waals surface area contributed by atoms with Crippen LogP contribution in [-0.2, 0) is 4.74 Å². The van der Waals surface area contributed by atoms with Crippen molar-refractivity contribution in [3.63, 3.8) is 0 Å². The normalized spacial score (nSPS) is 34.2. The minimum absolute atomic E-state index is 0.00588. The van der Waals surface area contributed by atoms with Gasteiger partial charge in [-0.1, -0.05) is 0 Å². The standard InChI is InChI=1S/C9H16N2O/c1-7(4-10)11-5-9(3)12-6-8(11)2/h7-9H,5-6H2,1-3H3. The Kier molecular flexibility index (Phi) is 3.07. The minimum atomic E-state index is 0.00588. The van der Waals surface area contributed by atoms with Crippen molar-refractivity contribution in [2.24, 2.45) is 0 Å². The molecule has 12 heavy (non-hydrogen) atoms. The molecule has 1 aliphatic heterocycles. The lowest BCUT2D eigenvalue weighted by Gasteiger charge is -2.38. The number of ether oxygens (including phenoxy) is 1. The van der Waals surface area contributed by atoms with Gasteiger partial charge >= 0.3 is 0 Å². The van der Waals surface area contributed by atoms with Crippen LogP contribution in [0.1, 0.15) is 20.8 Å². The van der Waals surface area contributed by atoms with Crippen LogP contribution in [0.5, 0.6) is 0 Å². The molecule has 0 radical (unpaired) electrons. The average Bonchev–Trinajstić information content (AvgIpc) is 2.08. The van der Waals surface area contributed by atoms with E-state index in [1.54, 1.807) is 0 Å². The van der Waals surface area contributed by atoms with Gasteiger partial charge in [-0.25, -0.2) is 0 Å². The summed E-state index contributed by atoms with van der Waals surface area (Å²) in [6.07, 6.45) is 0.261. The van der Waals surface area contributed by atoms with Crippen molar-refractivity contribution in [3.05, 3.63) is 0 Å². The van der Waals surface area contributed by atoms with Crippen LogP contribution in [0, 0.1) is 11.3 Å². The van der Waals surface area contributed by atoms with E-state index in [4.69, 9.17) is 10.00 Å². The summed E-state index contributed by atoms with van der Waals surface area (Å²) >= 11 is 0. The van der Waals surface area contributed by atoms with Crippen LogP contribution in [0.2, 0.25) is 0 Å². The second-order valence-electron chi connectivity index (χ2n) is 3.49. The van der Waals surface area contributed by atoms with E-state index in [2.05, 4.69) is 17.9 Å². The van der Waals surface area contributed by atoms with Crippen molar-refractivity contribution in [3.8, 4) is 6.07 Å². The molecule has 0 amide bonds. The van der Waals surface area contributed by atoms with Crippen LogP contribution in [0.15, 0.2) is 0 Å². The Balaban J connectivity index is 2.55. The Labute approximate surface area is 73.9 Å². The van der Waals surface area contributed by atoms with Gasteiger partial charge in [0.25, 0.3) is 0 Å². The summed E-state index contributed by atoms with van der Waals surface area (Å²) < 4.78 is 5.46. The van der Waals surface area contributed by atoms with Crippen molar-refractivity contribution < 1.29 is 4.74 Å². The molecular weight excluding hydrogens is 152 g/mol. The highest BCUT2D eigenvalue weighted by Crippen LogP contribution is 2.13. The lowest BCUT2D eigenvalue weighted by atomic mass is 10.1. The van der Waals surface area contributed by atoms with Crippen LogP contribution in [-0.4, -0.2) is 36.2 Å². The SMILES string of the molecule is CC1CN(C(C)C#N)C(C)CO1. The fourth-order valence-electron chi connectivity index (χ4n) is 1.54. The van der Waals surface area contributed by atoms with E-state index in [0.29, 0.717) is 6.04 Å². The summed E-state index contributed by atoms with van der Waals surface area (Å²) in [6, 6.07) is 2.63. The first-order valence-electron chi connectivity index (χ1n) is 4.42. The molecule has 68 valence electrons. The van der Waals surface area contributed by atoms with Crippen LogP contribution >= 0.6 is 0 Å². The first-order valence-corrected chi connectivity index (χ1v) is 4.42. The molecule has 0 aliphatic carbocycles. The molecule has 3 heteroatoms. The highest BCUT2D eigenvalue weighted by Gasteiger charge is 2.26. The van der Waals surface area contributed by atoms with Crippen LogP contribution in [0.25, 0.3) is 0 Å². The predicted molar refractivity (Wildman–Crippen MR) is 46.7 cm³/mol. The third kappa shape index (κ3) is 1.96. The highest BCUT2D eigenvalue weighted by molar-refractivity contribution is 4.92. The Morgan fingerprint density at radius 2 is 2.25 bits per heavy atom. The lowest BCUT2D eigenvalue weighted by Crippen LogP contribution is -2.50. The number of rotatable bonds is 1. The van der Waals surface area contributed by atoms with E-state index < -0.39 is 0 Å². The molecule has 1 rings (SSSR count). The predicted octanol–water partition coefficient (Wildman–Crippen LogP) is 1.01. The smallest absolute Gasteiger partial charge is 0.0953 e. The molecule has 0 aromatic heterocycles. The quantitative estimate of drug-likeness (QED) is 0.586. The molecule has 0 saturated carbocycles. The summed E-state index contributed by atoms with van der Waals surface area (Å²) in [4.78, 5) is 2.19. The molecule has 1 aliphatic rings. The molecule has 0 aromatic carbocycles. The Morgan fingerprint density at radius 3 is 2.83 bits per heavy atom. The van der Waals surface area contributed by atoms with Gasteiger partial charge in [0, 0.05) is 12.6 Å². The number of morpholine rings is 1. The monoisotopic (exact) mass is 168 g/mol. The summed E-state index contributed by atoms with van der Waals surface area (Å²) in [5.41, 5.74) is 0. The zero-order valence-electron chi connectivity index (χ0n) is 7.95. The number of hydrogen-bond donors (Lipinski definition) is 0. The summed E-state index contributed by atoms with van der Waals surface area (Å²) in [5, 5.41) is 8.76. The van der Waals surface area contributed by atoms with Crippen LogP contribution < -0.4 is 0 Å². The van der Waals surface area contributed by atoms with Gasteiger partial charge in [0.1, 0.15) is 0 Å². The summed E-state index contributed by atoms with van der Waals surface area (Å²) in [5.74, 6) is 0. The van der Waals surface area contributed by atoms with Gasteiger partial charge in [0.2, 0.25) is 0 Å². The molecule has 3 atom stereocenters. The van der Waals surface area contributed by atoms with E-state index >= 15 is 0 Å². The van der Waals surface area contributed by atoms with E-state index in [1.165, 1.54) is 0 Å². The number of nitriles is 1. The third-order valence-electron chi connectivity index (χ3n) is 2.34. The van der Waals surface area contributed by atoms with Crippen LogP contribution in [0.3, 0.4) is 0 Å². The molecule has 1 fully saturated rings. The summed E-state index contributed by atoms with van der Waals surface area (Å²) in [6.45, 7) is 7.69. The summed E-state index contributed by atoms with van der Waals surface area (Å²) in [7, 11) is 0. The second-order valence-corrected chi connectivity index (χ2v) is 3.49. The maximum absolute atomic E-state index is 8.76. The molecule has 0 spiro atoms. The van der Waals surface area contributed by atoms with E-state index in [-0.39, 0.29) is 12.1 Å². The lowest BCUT2D eigenvalue weighted by molar-refractivity contribution is -0.0559. The zero-order chi connectivity index (χ0) is 9.14. The first kappa shape index (κ1) is 9.50. The highest BCUT2D eigenvalue weighted by atomic mass is 16.5. The van der Waals surface area contributed by atoms with Crippen molar-refractivity contribution in [2.75, 3.05) is 13.2 Å². The van der Waals surface area contributed by atoms with Gasteiger partial charge in [0.05, 0.1) is 24.8 Å². The van der Waals surface area contributed by atoms with Crippen molar-refractivity contribution in [2.45, 2.75) is 39.0 Å². The average molecular weight is 168 g/mol. The van der Waals surface area contributed by atoms with Gasteiger partial charge in [-0.3, -0.25) is 4.90 Å². The zero-order valence-corrected chi connectivity index (χ0v) is 7.95. The maximum atomic E-state index is 8.76. The van der Waals surface area contributed by atoms with Gasteiger partial charge in [-0.2, -0.15) is 5.26 Å². The minimum Gasteiger partial charge on any atom is -0.376 e. The molecule has 1 heterocycles. The molecular formula is C9H16N2O. The van der Waals surface area contributed by atoms with Gasteiger partial charge in [0.15, 0.2) is 0 Å². The largest absolute Gasteiger partial charge is 0.376 e. The Bertz CT molecular complexity index is 187. The molecule has 0 aromatic rings. The van der Waals surface area contributed by atoms with E-state index in [9.17, 15) is 0 Å². The molecule has 3 unspecified atom stereocenters. The van der Waals surface area contributed by atoms with Crippen molar-refractivity contribution in [1.29, 1.82) is 5.26 Å². The Morgan fingerprint density at radius 1 is 1.58 bits per heavy atom. The van der Waals surface area contributed by atoms with Gasteiger partial charge in [-0.15, -0.1) is 0 Å². The number of hydrogen-bond acceptors (Lipinski definition) is 3. The molecule has 0 N–H and O–H groups in total. The molecule has 3 nitrogen and oxygen atoms in total. The third-order valence-corrected chi connectivity index (χ3v) is 2.34. The topological polar surface area (TPSA) is 36.3 Å². The molecule has 1 saturated heterocycles. The number of nitrogens with zero attached hydrogens (tertiary/aromatic N) is 2. The Hall–Kier alpha value is -0.590. The van der Waals surface area contributed by atoms with Crippen molar-refractivity contribution >= 4 is 0 Å². The molecule has 0 bridgehead atoms. The van der Waals surface area contributed by atoms with Gasteiger partial charge in [-0.05, 0) is 20.8 Å². The van der Waals surface area contributed by atoms with Crippen LogP contribution in [0.4, 0.5) is 0 Å².